The van der Waals surface area contributed by atoms with Crippen molar-refractivity contribution in [2.45, 2.75) is 38.5 Å². The van der Waals surface area contributed by atoms with Crippen molar-refractivity contribution < 1.29 is 4.57 Å². The summed E-state index contributed by atoms with van der Waals surface area (Å²) in [5.74, 6) is 0.735. The lowest BCUT2D eigenvalue weighted by molar-refractivity contribution is -0.659. The van der Waals surface area contributed by atoms with Crippen LogP contribution in [0.4, 0.5) is 0 Å². The Hall–Kier alpha value is -2.78. The number of aryl methyl sites for hydroxylation is 2. The highest BCUT2D eigenvalue weighted by Crippen LogP contribution is 2.42. The smallest absolute Gasteiger partial charge is 0.230 e. The van der Waals surface area contributed by atoms with Crippen molar-refractivity contribution >= 4 is 42.4 Å². The lowest BCUT2D eigenvalue weighted by Gasteiger charge is -2.10. The van der Waals surface area contributed by atoms with Crippen molar-refractivity contribution in [3.8, 4) is 11.3 Å². The molecule has 1 aliphatic carbocycles. The third-order valence-electron chi connectivity index (χ3n) is 6.83. The molecule has 3 heterocycles. The van der Waals surface area contributed by atoms with Crippen molar-refractivity contribution in [1.82, 2.24) is 4.98 Å². The first-order valence-corrected chi connectivity index (χ1v) is 11.7. The molecule has 0 spiro atoms. The Kier molecular flexibility index (Phi) is 4.14. The van der Waals surface area contributed by atoms with Gasteiger partial charge in [0.1, 0.15) is 11.7 Å². The maximum atomic E-state index is 4.95. The van der Waals surface area contributed by atoms with E-state index >= 15 is 0 Å². The molecular weight excluding hydrogens is 384 g/mol. The molecule has 2 aromatic carbocycles. The Morgan fingerprint density at radius 3 is 2.63 bits per heavy atom. The summed E-state index contributed by atoms with van der Waals surface area (Å²) in [5, 5.41) is 3.87. The minimum Gasteiger partial charge on any atom is -0.254 e. The van der Waals surface area contributed by atoms with Gasteiger partial charge in [-0.25, -0.2) is 0 Å². The molecule has 3 heteroatoms. The van der Waals surface area contributed by atoms with Gasteiger partial charge in [-0.2, -0.15) is 4.57 Å². The van der Waals surface area contributed by atoms with Crippen molar-refractivity contribution in [3.63, 3.8) is 0 Å². The fraction of sp³-hybridized carbons (Fsp3) is 0.259. The molecule has 1 aliphatic rings. The monoisotopic (exact) mass is 409 g/mol. The second kappa shape index (κ2) is 6.88. The average Bonchev–Trinajstić information content (AvgIpc) is 3.42. The lowest BCUT2D eigenvalue weighted by atomic mass is 9.95. The van der Waals surface area contributed by atoms with E-state index in [9.17, 15) is 0 Å². The second-order valence-corrected chi connectivity index (χ2v) is 9.72. The van der Waals surface area contributed by atoms with Crippen LogP contribution in [0.15, 0.2) is 60.9 Å². The van der Waals surface area contributed by atoms with Crippen LogP contribution in [0.2, 0.25) is 0 Å². The first-order chi connectivity index (χ1) is 14.7. The summed E-state index contributed by atoms with van der Waals surface area (Å²) < 4.78 is 4.88. The SMILES string of the molecule is Cc1ccccc1-c1c2sc3c4ccc(C5CCCC5)cc4cnc3c2cc[n+]1C. The van der Waals surface area contributed by atoms with E-state index in [0.29, 0.717) is 0 Å². The van der Waals surface area contributed by atoms with Crippen molar-refractivity contribution in [3.05, 3.63) is 72.1 Å². The first-order valence-electron chi connectivity index (χ1n) is 10.9. The van der Waals surface area contributed by atoms with E-state index in [1.54, 1.807) is 0 Å². The molecule has 0 aliphatic heterocycles. The highest BCUT2D eigenvalue weighted by molar-refractivity contribution is 7.27. The number of rotatable bonds is 2. The molecule has 0 N–H and O–H groups in total. The van der Waals surface area contributed by atoms with Gasteiger partial charge >= 0.3 is 0 Å². The van der Waals surface area contributed by atoms with Crippen LogP contribution in [-0.2, 0) is 7.05 Å². The Morgan fingerprint density at radius 2 is 1.80 bits per heavy atom. The third kappa shape index (κ3) is 2.69. The van der Waals surface area contributed by atoms with Crippen molar-refractivity contribution in [2.24, 2.45) is 7.05 Å². The van der Waals surface area contributed by atoms with E-state index in [1.807, 2.05) is 11.3 Å². The number of hydrogen-bond donors (Lipinski definition) is 0. The fourth-order valence-electron chi connectivity index (χ4n) is 5.19. The highest BCUT2D eigenvalue weighted by Gasteiger charge is 2.22. The standard InChI is InChI=1S/C27H25N2S/c1-17-7-3-6-10-21(17)25-27-23(13-14-29(25)2)24-26(30-27)22-12-11-19(15-20(22)16-28-24)18-8-4-5-9-18/h3,6-7,10-16,18H,4-5,8-9H2,1-2H3/q+1. The van der Waals surface area contributed by atoms with Gasteiger partial charge in [-0.1, -0.05) is 43.2 Å². The molecule has 0 bridgehead atoms. The largest absolute Gasteiger partial charge is 0.254 e. The fourth-order valence-corrected chi connectivity index (χ4v) is 6.57. The van der Waals surface area contributed by atoms with Crippen molar-refractivity contribution in [2.75, 3.05) is 0 Å². The number of fused-ring (bicyclic) bond motifs is 5. The Balaban J connectivity index is 1.63. The van der Waals surface area contributed by atoms with E-state index in [-0.39, 0.29) is 0 Å². The predicted octanol–water partition coefficient (Wildman–Crippen LogP) is 7.06. The molecule has 2 nitrogen and oxygen atoms in total. The van der Waals surface area contributed by atoms with Crippen LogP contribution in [0.25, 0.3) is 42.3 Å². The van der Waals surface area contributed by atoms with Crippen LogP contribution in [-0.4, -0.2) is 4.98 Å². The zero-order valence-corrected chi connectivity index (χ0v) is 18.3. The van der Waals surface area contributed by atoms with Crippen LogP contribution in [0.3, 0.4) is 0 Å². The Morgan fingerprint density at radius 1 is 0.967 bits per heavy atom. The summed E-state index contributed by atoms with van der Waals surface area (Å²) in [4.78, 5) is 4.95. The molecule has 1 saturated carbocycles. The molecule has 148 valence electrons. The minimum absolute atomic E-state index is 0.735. The number of benzene rings is 2. The number of nitrogens with zero attached hydrogens (tertiary/aromatic N) is 2. The Labute approximate surface area is 180 Å². The van der Waals surface area contributed by atoms with Crippen molar-refractivity contribution in [1.29, 1.82) is 0 Å². The average molecular weight is 410 g/mol. The summed E-state index contributed by atoms with van der Waals surface area (Å²) in [7, 11) is 2.14. The summed E-state index contributed by atoms with van der Waals surface area (Å²) >= 11 is 1.89. The molecular formula is C27H25N2S+. The van der Waals surface area contributed by atoms with E-state index in [0.717, 1.165) is 11.4 Å². The van der Waals surface area contributed by atoms with Crippen LogP contribution in [0.5, 0.6) is 0 Å². The van der Waals surface area contributed by atoms with Gasteiger partial charge in [0.15, 0.2) is 6.20 Å². The normalized spacial score (nSPS) is 15.0. The topological polar surface area (TPSA) is 16.8 Å². The van der Waals surface area contributed by atoms with Gasteiger partial charge in [0.05, 0.1) is 15.8 Å². The summed E-state index contributed by atoms with van der Waals surface area (Å²) in [6.45, 7) is 2.19. The molecule has 0 saturated heterocycles. The molecule has 30 heavy (non-hydrogen) atoms. The zero-order chi connectivity index (χ0) is 20.2. The van der Waals surface area contributed by atoms with E-state index < -0.39 is 0 Å². The van der Waals surface area contributed by atoms with Gasteiger partial charge in [-0.15, -0.1) is 11.3 Å². The Bertz CT molecular complexity index is 1420. The molecule has 0 radical (unpaired) electrons. The van der Waals surface area contributed by atoms with Crippen LogP contribution < -0.4 is 4.57 Å². The van der Waals surface area contributed by atoms with Gasteiger partial charge < -0.3 is 0 Å². The first kappa shape index (κ1) is 18.0. The zero-order valence-electron chi connectivity index (χ0n) is 17.5. The number of hydrogen-bond acceptors (Lipinski definition) is 2. The number of thiophene rings is 1. The maximum absolute atomic E-state index is 4.95. The molecule has 5 aromatic rings. The second-order valence-electron chi connectivity index (χ2n) is 8.70. The summed E-state index contributed by atoms with van der Waals surface area (Å²) in [6.07, 6.45) is 9.67. The summed E-state index contributed by atoms with van der Waals surface area (Å²) in [6, 6.07) is 18.0. The van der Waals surface area contributed by atoms with Gasteiger partial charge in [0.25, 0.3) is 0 Å². The molecule has 0 amide bonds. The molecule has 0 unspecified atom stereocenters. The van der Waals surface area contributed by atoms with Gasteiger partial charge in [-0.05, 0) is 48.9 Å². The number of pyridine rings is 2. The summed E-state index contributed by atoms with van der Waals surface area (Å²) in [5.41, 5.74) is 6.51. The quantitative estimate of drug-likeness (QED) is 0.285. The molecule has 6 rings (SSSR count). The predicted molar refractivity (Wildman–Crippen MR) is 127 cm³/mol. The maximum Gasteiger partial charge on any atom is 0.230 e. The highest BCUT2D eigenvalue weighted by atomic mass is 32.1. The van der Waals surface area contributed by atoms with Crippen LogP contribution in [0.1, 0.15) is 42.7 Å². The molecule has 3 aromatic heterocycles. The lowest BCUT2D eigenvalue weighted by Crippen LogP contribution is -2.30. The van der Waals surface area contributed by atoms with Gasteiger partial charge in [0, 0.05) is 28.4 Å². The van der Waals surface area contributed by atoms with Gasteiger partial charge in [0.2, 0.25) is 5.69 Å². The molecule has 1 fully saturated rings. The third-order valence-corrected chi connectivity index (χ3v) is 8.07. The van der Waals surface area contributed by atoms with Crippen LogP contribution >= 0.6 is 11.3 Å². The van der Waals surface area contributed by atoms with E-state index in [1.165, 1.54) is 73.6 Å². The number of aromatic nitrogens is 2. The van der Waals surface area contributed by atoms with E-state index in [4.69, 9.17) is 4.98 Å². The minimum atomic E-state index is 0.735. The van der Waals surface area contributed by atoms with Crippen LogP contribution in [0, 0.1) is 6.92 Å². The van der Waals surface area contributed by atoms with E-state index in [2.05, 4.69) is 79.5 Å². The van der Waals surface area contributed by atoms with Gasteiger partial charge in [-0.3, -0.25) is 4.98 Å². The molecule has 0 atom stereocenters.